The molecule has 392 valence electrons. The number of hydrogen-bond donors (Lipinski definition) is 0. The van der Waals surface area contributed by atoms with Crippen LogP contribution in [0.4, 0.5) is 0 Å². The first kappa shape index (κ1) is 65.1. The summed E-state index contributed by atoms with van der Waals surface area (Å²) in [5, 5.41) is 0. The molecule has 0 radical (unpaired) electrons. The molecule has 0 aromatic heterocycles. The van der Waals surface area contributed by atoms with Gasteiger partial charge in [-0.1, -0.05) is 239 Å². The van der Waals surface area contributed by atoms with E-state index in [2.05, 4.69) is 130 Å². The smallest absolute Gasteiger partial charge is 0.306 e. The highest BCUT2D eigenvalue weighted by molar-refractivity contribution is 5.71. The largest absolute Gasteiger partial charge is 0.462 e. The molecule has 6 nitrogen and oxygen atoms in total. The van der Waals surface area contributed by atoms with Crippen molar-refractivity contribution in [2.75, 3.05) is 13.2 Å². The molecule has 0 aliphatic rings. The molecule has 1 unspecified atom stereocenters. The zero-order valence-corrected chi connectivity index (χ0v) is 44.8. The molecule has 0 heterocycles. The molecule has 0 amide bonds. The van der Waals surface area contributed by atoms with Crippen molar-refractivity contribution in [3.8, 4) is 0 Å². The quantitative estimate of drug-likeness (QED) is 0.0262. The molecule has 0 spiro atoms. The van der Waals surface area contributed by atoms with Gasteiger partial charge in [-0.3, -0.25) is 14.4 Å². The Morgan fingerprint density at radius 2 is 0.565 bits per heavy atom. The fourth-order valence-electron chi connectivity index (χ4n) is 7.58. The van der Waals surface area contributed by atoms with E-state index in [1.54, 1.807) is 0 Å². The summed E-state index contributed by atoms with van der Waals surface area (Å²) in [5.41, 5.74) is 0. The van der Waals surface area contributed by atoms with E-state index in [4.69, 9.17) is 14.2 Å². The van der Waals surface area contributed by atoms with Gasteiger partial charge in [-0.25, -0.2) is 0 Å². The lowest BCUT2D eigenvalue weighted by Crippen LogP contribution is -2.30. The third-order valence-corrected chi connectivity index (χ3v) is 11.8. The third kappa shape index (κ3) is 54.9. The highest BCUT2D eigenvalue weighted by atomic mass is 16.6. The van der Waals surface area contributed by atoms with Crippen LogP contribution in [0.2, 0.25) is 0 Å². The number of hydrogen-bond acceptors (Lipinski definition) is 6. The molecule has 69 heavy (non-hydrogen) atoms. The van der Waals surface area contributed by atoms with Crippen molar-refractivity contribution in [1.82, 2.24) is 0 Å². The fraction of sp³-hybridized carbons (Fsp3) is 0.667. The monoisotopic (exact) mass is 957 g/mol. The highest BCUT2D eigenvalue weighted by Gasteiger charge is 2.19. The van der Waals surface area contributed by atoms with Crippen LogP contribution in [0.25, 0.3) is 0 Å². The summed E-state index contributed by atoms with van der Waals surface area (Å²) in [5.74, 6) is -0.959. The minimum absolute atomic E-state index is 0.0987. The van der Waals surface area contributed by atoms with Gasteiger partial charge in [0.25, 0.3) is 0 Å². The summed E-state index contributed by atoms with van der Waals surface area (Å²) in [6, 6.07) is 0. The van der Waals surface area contributed by atoms with Crippen molar-refractivity contribution >= 4 is 17.9 Å². The van der Waals surface area contributed by atoms with Gasteiger partial charge >= 0.3 is 17.9 Å². The molecule has 1 atom stereocenters. The van der Waals surface area contributed by atoms with Crippen molar-refractivity contribution in [2.24, 2.45) is 0 Å². The van der Waals surface area contributed by atoms with Crippen molar-refractivity contribution in [3.05, 3.63) is 109 Å². The van der Waals surface area contributed by atoms with Crippen LogP contribution in [0.15, 0.2) is 109 Å². The summed E-state index contributed by atoms with van der Waals surface area (Å²) in [4.78, 5) is 38.1. The van der Waals surface area contributed by atoms with Crippen LogP contribution >= 0.6 is 0 Å². The first-order chi connectivity index (χ1) is 34.0. The summed E-state index contributed by atoms with van der Waals surface area (Å²) in [7, 11) is 0. The van der Waals surface area contributed by atoms with Gasteiger partial charge in [0, 0.05) is 19.3 Å². The number of allylic oxidation sites excluding steroid dienone is 18. The van der Waals surface area contributed by atoms with Gasteiger partial charge in [-0.2, -0.15) is 0 Å². The van der Waals surface area contributed by atoms with Crippen molar-refractivity contribution < 1.29 is 28.6 Å². The average Bonchev–Trinajstić information content (AvgIpc) is 3.35. The van der Waals surface area contributed by atoms with Crippen molar-refractivity contribution in [2.45, 2.75) is 258 Å². The van der Waals surface area contributed by atoms with Crippen LogP contribution in [0, 0.1) is 0 Å². The van der Waals surface area contributed by atoms with Crippen LogP contribution in [-0.2, 0) is 28.6 Å². The number of carbonyl (C=O) groups excluding carboxylic acids is 3. The normalized spacial score (nSPS) is 12.9. The Balaban J connectivity index is 4.48. The van der Waals surface area contributed by atoms with E-state index in [0.29, 0.717) is 25.7 Å². The van der Waals surface area contributed by atoms with Gasteiger partial charge in [0.1, 0.15) is 13.2 Å². The number of carbonyl (C=O) groups is 3. The molecule has 0 rings (SSSR count). The second-order valence-electron chi connectivity index (χ2n) is 18.4. The van der Waals surface area contributed by atoms with Gasteiger partial charge in [0.15, 0.2) is 6.10 Å². The van der Waals surface area contributed by atoms with Gasteiger partial charge in [-0.15, -0.1) is 0 Å². The molecule has 0 saturated heterocycles. The number of esters is 3. The zero-order chi connectivity index (χ0) is 50.0. The molecule has 0 N–H and O–H groups in total. The average molecular weight is 958 g/mol. The second kappa shape index (κ2) is 56.7. The maximum atomic E-state index is 12.8. The molecule has 0 saturated carbocycles. The molecular weight excluding hydrogens is 853 g/mol. The van der Waals surface area contributed by atoms with Gasteiger partial charge in [0.2, 0.25) is 0 Å². The lowest BCUT2D eigenvalue weighted by atomic mass is 10.0. The summed E-state index contributed by atoms with van der Waals surface area (Å²) in [6.07, 6.45) is 76.5. The van der Waals surface area contributed by atoms with Gasteiger partial charge < -0.3 is 14.2 Å². The Labute approximate surface area is 425 Å². The number of ether oxygens (including phenoxy) is 3. The number of rotatable bonds is 50. The Bertz CT molecular complexity index is 1420. The Hall–Kier alpha value is -3.93. The summed E-state index contributed by atoms with van der Waals surface area (Å²) < 4.78 is 16.8. The molecular formula is C63H104O6. The van der Waals surface area contributed by atoms with Crippen LogP contribution in [0.5, 0.6) is 0 Å². The highest BCUT2D eigenvalue weighted by Crippen LogP contribution is 2.15. The zero-order valence-electron chi connectivity index (χ0n) is 44.8. The molecule has 0 bridgehead atoms. The van der Waals surface area contributed by atoms with E-state index in [-0.39, 0.29) is 31.1 Å². The second-order valence-corrected chi connectivity index (χ2v) is 18.4. The summed E-state index contributed by atoms with van der Waals surface area (Å²) >= 11 is 0. The van der Waals surface area contributed by atoms with Crippen LogP contribution < -0.4 is 0 Å². The third-order valence-electron chi connectivity index (χ3n) is 11.8. The minimum atomic E-state index is -0.806. The van der Waals surface area contributed by atoms with E-state index >= 15 is 0 Å². The molecule has 0 aliphatic heterocycles. The standard InChI is InChI=1S/C63H104O6/c1-4-7-10-13-16-19-22-25-28-29-30-31-32-33-36-38-41-44-47-50-53-56-62(65)68-59-60(69-63(66)57-54-51-48-45-42-39-35-27-24-21-18-15-12-9-6-3)58-67-61(64)55-52-49-46-43-40-37-34-26-23-20-17-14-11-8-5-2/h7,9-10,12,16,18-19,21,25,27-28,30-31,33,35-36,41,44,60H,4-6,8,11,13-15,17,20,22-24,26,29,32,34,37-40,42-43,45-59H2,1-3H3/b10-7-,12-9-,19-16-,21-18-,28-25-,31-30-,35-27-,36-33-,44-41-. The Morgan fingerprint density at radius 3 is 0.913 bits per heavy atom. The van der Waals surface area contributed by atoms with Crippen molar-refractivity contribution in [1.29, 1.82) is 0 Å². The van der Waals surface area contributed by atoms with Gasteiger partial charge in [-0.05, 0) is 103 Å². The van der Waals surface area contributed by atoms with Crippen molar-refractivity contribution in [3.63, 3.8) is 0 Å². The maximum absolute atomic E-state index is 12.8. The minimum Gasteiger partial charge on any atom is -0.462 e. The molecule has 0 aliphatic carbocycles. The predicted molar refractivity (Wildman–Crippen MR) is 297 cm³/mol. The van der Waals surface area contributed by atoms with E-state index in [0.717, 1.165) is 128 Å². The SMILES string of the molecule is CC/C=C\C/C=C\C/C=C\C/C=C\C/C=C\C/C=C\CCCCC(=O)OCC(COC(=O)CCCCCCCCCCCCCCCCC)OC(=O)CCCCCCC/C=C\C/C=C\C/C=C\CC. The fourth-order valence-corrected chi connectivity index (χ4v) is 7.58. The van der Waals surface area contributed by atoms with E-state index in [1.165, 1.54) is 77.0 Å². The predicted octanol–water partition coefficient (Wildman–Crippen LogP) is 19.1. The summed E-state index contributed by atoms with van der Waals surface area (Å²) in [6.45, 7) is 6.37. The van der Waals surface area contributed by atoms with Crippen LogP contribution in [0.3, 0.4) is 0 Å². The lowest BCUT2D eigenvalue weighted by Gasteiger charge is -2.18. The first-order valence-electron chi connectivity index (χ1n) is 28.4. The molecule has 0 aromatic rings. The Morgan fingerprint density at radius 1 is 0.304 bits per heavy atom. The lowest BCUT2D eigenvalue weighted by molar-refractivity contribution is -0.167. The van der Waals surface area contributed by atoms with E-state index < -0.39 is 6.10 Å². The molecule has 6 heteroatoms. The maximum Gasteiger partial charge on any atom is 0.306 e. The molecule has 0 aromatic carbocycles. The molecule has 0 fully saturated rings. The topological polar surface area (TPSA) is 78.9 Å². The van der Waals surface area contributed by atoms with E-state index in [1.807, 2.05) is 0 Å². The first-order valence-corrected chi connectivity index (χ1v) is 28.4. The van der Waals surface area contributed by atoms with Crippen LogP contribution in [0.1, 0.15) is 252 Å². The van der Waals surface area contributed by atoms with Gasteiger partial charge in [0.05, 0.1) is 0 Å². The van der Waals surface area contributed by atoms with Crippen LogP contribution in [-0.4, -0.2) is 37.2 Å². The van der Waals surface area contributed by atoms with E-state index in [9.17, 15) is 14.4 Å². The number of unbranched alkanes of at least 4 members (excludes halogenated alkanes) is 21. The Kier molecular flexibility index (Phi) is 53.4.